The lowest BCUT2D eigenvalue weighted by molar-refractivity contribution is -0.154. The number of halogens is 1. The van der Waals surface area contributed by atoms with Crippen LogP contribution in [0.3, 0.4) is 0 Å². The molecular formula is C15H18ClNO3. The fourth-order valence-corrected chi connectivity index (χ4v) is 2.02. The third-order valence-corrected chi connectivity index (χ3v) is 3.53. The molecule has 0 spiro atoms. The van der Waals surface area contributed by atoms with Crippen LogP contribution in [0.15, 0.2) is 24.3 Å². The second-order valence-electron chi connectivity index (χ2n) is 5.01. The van der Waals surface area contributed by atoms with Crippen molar-refractivity contribution in [2.24, 2.45) is 0 Å². The van der Waals surface area contributed by atoms with Crippen LogP contribution in [-0.4, -0.2) is 24.0 Å². The monoisotopic (exact) mass is 295 g/mol. The van der Waals surface area contributed by atoms with Crippen molar-refractivity contribution in [1.29, 1.82) is 0 Å². The Morgan fingerprint density at radius 3 is 2.75 bits per heavy atom. The highest BCUT2D eigenvalue weighted by atomic mass is 35.5. The van der Waals surface area contributed by atoms with Crippen molar-refractivity contribution in [3.05, 3.63) is 34.9 Å². The summed E-state index contributed by atoms with van der Waals surface area (Å²) in [6.07, 6.45) is 2.01. The van der Waals surface area contributed by atoms with E-state index >= 15 is 0 Å². The fraction of sp³-hybridized carbons (Fsp3) is 0.467. The highest BCUT2D eigenvalue weighted by Gasteiger charge is 2.27. The molecular weight excluding hydrogens is 278 g/mol. The smallest absolute Gasteiger partial charge is 0.306 e. The molecule has 1 saturated carbocycles. The number of esters is 1. The minimum atomic E-state index is -0.741. The normalized spacial score (nSPS) is 15.5. The van der Waals surface area contributed by atoms with Crippen LogP contribution in [0, 0.1) is 0 Å². The van der Waals surface area contributed by atoms with Crippen LogP contribution >= 0.6 is 11.6 Å². The molecule has 0 aliphatic heterocycles. The van der Waals surface area contributed by atoms with Gasteiger partial charge in [-0.15, -0.1) is 0 Å². The van der Waals surface area contributed by atoms with Gasteiger partial charge in [-0.2, -0.15) is 0 Å². The summed E-state index contributed by atoms with van der Waals surface area (Å²) < 4.78 is 5.11. The molecule has 1 aliphatic rings. The first kappa shape index (κ1) is 14.9. The number of carbonyl (C=O) groups is 2. The number of ether oxygens (including phenoxy) is 1. The summed E-state index contributed by atoms with van der Waals surface area (Å²) in [7, 11) is 0. The minimum Gasteiger partial charge on any atom is -0.453 e. The SMILES string of the molecule is CC(OC(=O)CCc1ccccc1Cl)C(=O)NC1CC1. The zero-order chi connectivity index (χ0) is 14.5. The average Bonchev–Trinajstić information content (AvgIpc) is 3.21. The molecule has 5 heteroatoms. The van der Waals surface area contributed by atoms with Crippen LogP contribution in [0.5, 0.6) is 0 Å². The van der Waals surface area contributed by atoms with Crippen molar-refractivity contribution in [3.8, 4) is 0 Å². The highest BCUT2D eigenvalue weighted by Crippen LogP contribution is 2.19. The third-order valence-electron chi connectivity index (χ3n) is 3.16. The molecule has 1 aliphatic carbocycles. The maximum Gasteiger partial charge on any atom is 0.306 e. The number of hydrogen-bond acceptors (Lipinski definition) is 3. The number of carbonyl (C=O) groups excluding carboxylic acids is 2. The Balaban J connectivity index is 1.74. The van der Waals surface area contributed by atoms with Crippen LogP contribution in [-0.2, 0) is 20.7 Å². The lowest BCUT2D eigenvalue weighted by Crippen LogP contribution is -2.37. The zero-order valence-electron chi connectivity index (χ0n) is 11.4. The first-order chi connectivity index (χ1) is 9.56. The Kier molecular flexibility index (Phi) is 5.01. The average molecular weight is 296 g/mol. The van der Waals surface area contributed by atoms with Crippen molar-refractivity contribution in [2.45, 2.75) is 44.8 Å². The van der Waals surface area contributed by atoms with E-state index in [9.17, 15) is 9.59 Å². The zero-order valence-corrected chi connectivity index (χ0v) is 12.2. The molecule has 1 amide bonds. The molecule has 4 nitrogen and oxygen atoms in total. The first-order valence-electron chi connectivity index (χ1n) is 6.79. The predicted molar refractivity (Wildman–Crippen MR) is 76.5 cm³/mol. The van der Waals surface area contributed by atoms with Gasteiger partial charge in [-0.3, -0.25) is 9.59 Å². The summed E-state index contributed by atoms with van der Waals surface area (Å²) in [4.78, 5) is 23.3. The van der Waals surface area contributed by atoms with Crippen molar-refractivity contribution < 1.29 is 14.3 Å². The van der Waals surface area contributed by atoms with Gasteiger partial charge in [0.2, 0.25) is 0 Å². The van der Waals surface area contributed by atoms with Crippen molar-refractivity contribution in [3.63, 3.8) is 0 Å². The van der Waals surface area contributed by atoms with Gasteiger partial charge in [0.1, 0.15) is 0 Å². The molecule has 1 aromatic carbocycles. The number of benzene rings is 1. The lowest BCUT2D eigenvalue weighted by atomic mass is 10.1. The van der Waals surface area contributed by atoms with Crippen molar-refractivity contribution >= 4 is 23.5 Å². The summed E-state index contributed by atoms with van der Waals surface area (Å²) in [6, 6.07) is 7.64. The molecule has 0 bridgehead atoms. The molecule has 1 unspecified atom stereocenters. The molecule has 1 fully saturated rings. The van der Waals surface area contributed by atoms with E-state index in [0.717, 1.165) is 18.4 Å². The number of hydrogen-bond donors (Lipinski definition) is 1. The second kappa shape index (κ2) is 6.75. The Labute approximate surface area is 123 Å². The van der Waals surface area contributed by atoms with Crippen molar-refractivity contribution in [2.75, 3.05) is 0 Å². The predicted octanol–water partition coefficient (Wildman–Crippen LogP) is 2.48. The van der Waals surface area contributed by atoms with E-state index in [1.807, 2.05) is 18.2 Å². The minimum absolute atomic E-state index is 0.213. The number of nitrogens with one attached hydrogen (secondary N) is 1. The summed E-state index contributed by atoms with van der Waals surface area (Å²) in [5.74, 6) is -0.609. The molecule has 2 rings (SSSR count). The standard InChI is InChI=1S/C15H18ClNO3/c1-10(15(19)17-12-7-8-12)20-14(18)9-6-11-4-2-3-5-13(11)16/h2-5,10,12H,6-9H2,1H3,(H,17,19). The fourth-order valence-electron chi connectivity index (χ4n) is 1.79. The van der Waals surface area contributed by atoms with Gasteiger partial charge in [0.15, 0.2) is 6.10 Å². The van der Waals surface area contributed by atoms with Crippen LogP contribution in [0.1, 0.15) is 31.7 Å². The van der Waals surface area contributed by atoms with E-state index in [0.29, 0.717) is 11.4 Å². The maximum atomic E-state index is 11.7. The van der Waals surface area contributed by atoms with Gasteiger partial charge >= 0.3 is 5.97 Å². The topological polar surface area (TPSA) is 55.4 Å². The summed E-state index contributed by atoms with van der Waals surface area (Å²) in [5, 5.41) is 3.44. The number of amides is 1. The van der Waals surface area contributed by atoms with Crippen LogP contribution in [0.25, 0.3) is 0 Å². The van der Waals surface area contributed by atoms with E-state index in [1.165, 1.54) is 0 Å². The Morgan fingerprint density at radius 2 is 2.10 bits per heavy atom. The molecule has 0 heterocycles. The Morgan fingerprint density at radius 1 is 1.40 bits per heavy atom. The number of aryl methyl sites for hydroxylation is 1. The molecule has 20 heavy (non-hydrogen) atoms. The number of rotatable bonds is 6. The lowest BCUT2D eigenvalue weighted by Gasteiger charge is -2.13. The maximum absolute atomic E-state index is 11.7. The Hall–Kier alpha value is -1.55. The van der Waals surface area contributed by atoms with Gasteiger partial charge in [0, 0.05) is 17.5 Å². The summed E-state index contributed by atoms with van der Waals surface area (Å²) >= 11 is 6.01. The van der Waals surface area contributed by atoms with Gasteiger partial charge < -0.3 is 10.1 Å². The van der Waals surface area contributed by atoms with E-state index in [1.54, 1.807) is 13.0 Å². The molecule has 1 atom stereocenters. The first-order valence-corrected chi connectivity index (χ1v) is 7.17. The highest BCUT2D eigenvalue weighted by molar-refractivity contribution is 6.31. The van der Waals surface area contributed by atoms with Gasteiger partial charge in [0.05, 0.1) is 0 Å². The quantitative estimate of drug-likeness (QED) is 0.820. The molecule has 0 radical (unpaired) electrons. The van der Waals surface area contributed by atoms with Gasteiger partial charge in [-0.25, -0.2) is 0 Å². The Bertz CT molecular complexity index is 500. The molecule has 1 N–H and O–H groups in total. The van der Waals surface area contributed by atoms with E-state index in [-0.39, 0.29) is 24.3 Å². The van der Waals surface area contributed by atoms with E-state index in [4.69, 9.17) is 16.3 Å². The summed E-state index contributed by atoms with van der Waals surface area (Å²) in [5.41, 5.74) is 0.904. The van der Waals surface area contributed by atoms with Gasteiger partial charge in [-0.05, 0) is 37.8 Å². The van der Waals surface area contributed by atoms with Crippen LogP contribution < -0.4 is 5.32 Å². The van der Waals surface area contributed by atoms with Gasteiger partial charge in [0.25, 0.3) is 5.91 Å². The van der Waals surface area contributed by atoms with E-state index in [2.05, 4.69) is 5.32 Å². The molecule has 0 aromatic heterocycles. The largest absolute Gasteiger partial charge is 0.453 e. The second-order valence-corrected chi connectivity index (χ2v) is 5.41. The van der Waals surface area contributed by atoms with Gasteiger partial charge in [-0.1, -0.05) is 29.8 Å². The molecule has 1 aromatic rings. The summed E-state index contributed by atoms with van der Waals surface area (Å²) in [6.45, 7) is 1.59. The van der Waals surface area contributed by atoms with Crippen LogP contribution in [0.4, 0.5) is 0 Å². The van der Waals surface area contributed by atoms with Crippen LogP contribution in [0.2, 0.25) is 5.02 Å². The third kappa shape index (κ3) is 4.53. The molecule has 0 saturated heterocycles. The molecule has 108 valence electrons. The van der Waals surface area contributed by atoms with E-state index < -0.39 is 6.10 Å². The van der Waals surface area contributed by atoms with Crippen molar-refractivity contribution in [1.82, 2.24) is 5.32 Å².